The highest BCUT2D eigenvalue weighted by atomic mass is 35.5. The molecule has 0 bridgehead atoms. The van der Waals surface area contributed by atoms with E-state index in [0.29, 0.717) is 28.0 Å². The second-order valence-electron chi connectivity index (χ2n) is 4.69. The van der Waals surface area contributed by atoms with E-state index in [4.69, 9.17) is 40.2 Å². The zero-order valence-corrected chi connectivity index (χ0v) is 14.8. The summed E-state index contributed by atoms with van der Waals surface area (Å²) >= 11 is 16.9. The van der Waals surface area contributed by atoms with Crippen LogP contribution in [-0.2, 0) is 0 Å². The number of thiocarbonyl (C=S) groups is 1. The molecule has 124 valence electrons. The van der Waals surface area contributed by atoms with Crippen LogP contribution < -0.4 is 15.4 Å². The van der Waals surface area contributed by atoms with Crippen molar-refractivity contribution >= 4 is 52.1 Å². The zero-order valence-electron chi connectivity index (χ0n) is 12.5. The first kappa shape index (κ1) is 18.3. The van der Waals surface area contributed by atoms with Crippen molar-refractivity contribution in [3.8, 4) is 5.75 Å². The molecule has 0 saturated carbocycles. The molecule has 0 aromatic heterocycles. The summed E-state index contributed by atoms with van der Waals surface area (Å²) in [4.78, 5) is 12.1. The second kappa shape index (κ2) is 8.68. The van der Waals surface area contributed by atoms with Crippen LogP contribution in [0.2, 0.25) is 10.0 Å². The molecule has 4 nitrogen and oxygen atoms in total. The molecule has 2 rings (SSSR count). The average Bonchev–Trinajstić information content (AvgIpc) is 2.53. The Balaban J connectivity index is 1.94. The highest BCUT2D eigenvalue weighted by Crippen LogP contribution is 2.19. The predicted molar refractivity (Wildman–Crippen MR) is 102 cm³/mol. The van der Waals surface area contributed by atoms with Gasteiger partial charge in [0.1, 0.15) is 12.4 Å². The van der Waals surface area contributed by atoms with E-state index in [2.05, 4.69) is 17.2 Å². The molecule has 1 amide bonds. The average molecular weight is 381 g/mol. The highest BCUT2D eigenvalue weighted by Gasteiger charge is 2.10. The molecule has 2 aromatic rings. The molecule has 7 heteroatoms. The van der Waals surface area contributed by atoms with E-state index in [0.717, 1.165) is 5.69 Å². The van der Waals surface area contributed by atoms with Crippen LogP contribution in [0.1, 0.15) is 10.4 Å². The van der Waals surface area contributed by atoms with Crippen LogP contribution >= 0.6 is 35.4 Å². The van der Waals surface area contributed by atoms with Crippen molar-refractivity contribution in [2.45, 2.75) is 0 Å². The van der Waals surface area contributed by atoms with Gasteiger partial charge in [0.15, 0.2) is 5.11 Å². The van der Waals surface area contributed by atoms with Crippen molar-refractivity contribution in [2.75, 3.05) is 11.9 Å². The van der Waals surface area contributed by atoms with Crippen LogP contribution in [0.3, 0.4) is 0 Å². The van der Waals surface area contributed by atoms with E-state index < -0.39 is 5.91 Å². The molecule has 0 aliphatic rings. The molecule has 24 heavy (non-hydrogen) atoms. The minimum atomic E-state index is -0.400. The summed E-state index contributed by atoms with van der Waals surface area (Å²) < 4.78 is 5.39. The van der Waals surface area contributed by atoms with Crippen molar-refractivity contribution in [1.82, 2.24) is 5.32 Å². The largest absolute Gasteiger partial charge is 0.490 e. The lowest BCUT2D eigenvalue weighted by molar-refractivity contribution is 0.0977. The van der Waals surface area contributed by atoms with Gasteiger partial charge < -0.3 is 10.1 Å². The predicted octanol–water partition coefficient (Wildman–Crippen LogP) is 4.69. The Labute approximate surface area is 155 Å². The Morgan fingerprint density at radius 2 is 1.79 bits per heavy atom. The number of amides is 1. The molecule has 0 unspecified atom stereocenters. The first-order chi connectivity index (χ1) is 11.5. The van der Waals surface area contributed by atoms with Gasteiger partial charge in [0, 0.05) is 21.3 Å². The standard InChI is InChI=1S/C17H14Cl2N2O2S/c1-2-7-23-15-5-3-14(4-6-15)20-17(24)21-16(22)11-8-12(18)10-13(19)9-11/h2-6,8-10H,1,7H2,(H2,20,21,22,24). The Bertz CT molecular complexity index is 743. The molecule has 0 radical (unpaired) electrons. The van der Waals surface area contributed by atoms with E-state index in [9.17, 15) is 4.79 Å². The van der Waals surface area contributed by atoms with Gasteiger partial charge in [0.05, 0.1) is 0 Å². The maximum Gasteiger partial charge on any atom is 0.257 e. The number of carbonyl (C=O) groups excluding carboxylic acids is 1. The van der Waals surface area contributed by atoms with Gasteiger partial charge in [-0.1, -0.05) is 35.9 Å². The molecule has 0 saturated heterocycles. The van der Waals surface area contributed by atoms with Crippen LogP contribution in [0.4, 0.5) is 5.69 Å². The van der Waals surface area contributed by atoms with Crippen LogP contribution in [0.5, 0.6) is 5.75 Å². The third-order valence-corrected chi connectivity index (χ3v) is 3.47. The van der Waals surface area contributed by atoms with Crippen molar-refractivity contribution < 1.29 is 9.53 Å². The van der Waals surface area contributed by atoms with E-state index in [-0.39, 0.29) is 5.11 Å². The number of rotatable bonds is 5. The van der Waals surface area contributed by atoms with Gasteiger partial charge >= 0.3 is 0 Å². The number of carbonyl (C=O) groups is 1. The summed E-state index contributed by atoms with van der Waals surface area (Å²) in [6.45, 7) is 4.02. The Hall–Kier alpha value is -2.08. The molecule has 2 N–H and O–H groups in total. The summed E-state index contributed by atoms with van der Waals surface area (Å²) in [6, 6.07) is 11.7. The van der Waals surface area contributed by atoms with Gasteiger partial charge in [-0.2, -0.15) is 0 Å². The Morgan fingerprint density at radius 1 is 1.17 bits per heavy atom. The molecule has 0 spiro atoms. The molecular formula is C17H14Cl2N2O2S. The SMILES string of the molecule is C=CCOc1ccc(NC(=S)NC(=O)c2cc(Cl)cc(Cl)c2)cc1. The van der Waals surface area contributed by atoms with Gasteiger partial charge in [-0.05, 0) is 54.7 Å². The van der Waals surface area contributed by atoms with E-state index in [1.165, 1.54) is 12.1 Å². The summed E-state index contributed by atoms with van der Waals surface area (Å²) in [6.07, 6.45) is 1.67. The quantitative estimate of drug-likeness (QED) is 0.583. The van der Waals surface area contributed by atoms with Crippen molar-refractivity contribution in [2.24, 2.45) is 0 Å². The first-order valence-corrected chi connectivity index (χ1v) is 8.06. The summed E-state index contributed by atoms with van der Waals surface area (Å²) in [5.74, 6) is 0.312. The Kier molecular flexibility index (Phi) is 6.61. The minimum absolute atomic E-state index is 0.163. The molecule has 0 fully saturated rings. The maximum absolute atomic E-state index is 12.1. The van der Waals surface area contributed by atoms with Crippen LogP contribution in [-0.4, -0.2) is 17.6 Å². The van der Waals surface area contributed by atoms with E-state index in [1.54, 1.807) is 36.4 Å². The van der Waals surface area contributed by atoms with E-state index in [1.807, 2.05) is 0 Å². The number of ether oxygens (including phenoxy) is 1. The normalized spacial score (nSPS) is 9.92. The van der Waals surface area contributed by atoms with Gasteiger partial charge in [0.25, 0.3) is 5.91 Å². The number of hydrogen-bond donors (Lipinski definition) is 2. The summed E-state index contributed by atoms with van der Waals surface area (Å²) in [7, 11) is 0. The Morgan fingerprint density at radius 3 is 2.38 bits per heavy atom. The van der Waals surface area contributed by atoms with Crippen molar-refractivity contribution in [3.05, 3.63) is 70.7 Å². The summed E-state index contributed by atoms with van der Waals surface area (Å²) in [5, 5.41) is 6.40. The third-order valence-electron chi connectivity index (χ3n) is 2.83. The fraction of sp³-hybridized carbons (Fsp3) is 0.0588. The van der Waals surface area contributed by atoms with Gasteiger partial charge in [0.2, 0.25) is 0 Å². The first-order valence-electron chi connectivity index (χ1n) is 6.90. The third kappa shape index (κ3) is 5.53. The number of halogens is 2. The summed E-state index contributed by atoms with van der Waals surface area (Å²) in [5.41, 5.74) is 1.04. The molecule has 0 aliphatic carbocycles. The van der Waals surface area contributed by atoms with E-state index >= 15 is 0 Å². The maximum atomic E-state index is 12.1. The zero-order chi connectivity index (χ0) is 17.5. The second-order valence-corrected chi connectivity index (χ2v) is 5.97. The number of hydrogen-bond acceptors (Lipinski definition) is 3. The highest BCUT2D eigenvalue weighted by molar-refractivity contribution is 7.80. The fourth-order valence-corrected chi connectivity index (χ4v) is 2.55. The number of benzene rings is 2. The van der Waals surface area contributed by atoms with Gasteiger partial charge in [-0.3, -0.25) is 10.1 Å². The molecule has 0 atom stereocenters. The van der Waals surface area contributed by atoms with Crippen molar-refractivity contribution in [1.29, 1.82) is 0 Å². The lowest BCUT2D eigenvalue weighted by Gasteiger charge is -2.11. The van der Waals surface area contributed by atoms with Crippen LogP contribution in [0.15, 0.2) is 55.1 Å². The van der Waals surface area contributed by atoms with Gasteiger partial charge in [-0.25, -0.2) is 0 Å². The smallest absolute Gasteiger partial charge is 0.257 e. The monoisotopic (exact) mass is 380 g/mol. The topological polar surface area (TPSA) is 50.4 Å². The molecule has 0 aliphatic heterocycles. The van der Waals surface area contributed by atoms with Crippen LogP contribution in [0.25, 0.3) is 0 Å². The number of nitrogens with one attached hydrogen (secondary N) is 2. The van der Waals surface area contributed by atoms with Crippen molar-refractivity contribution in [3.63, 3.8) is 0 Å². The lowest BCUT2D eigenvalue weighted by Crippen LogP contribution is -2.34. The molecule has 2 aromatic carbocycles. The van der Waals surface area contributed by atoms with Gasteiger partial charge in [-0.15, -0.1) is 0 Å². The minimum Gasteiger partial charge on any atom is -0.490 e. The molecule has 0 heterocycles. The fourth-order valence-electron chi connectivity index (χ4n) is 1.81. The lowest BCUT2D eigenvalue weighted by atomic mass is 10.2. The van der Waals surface area contributed by atoms with Crippen LogP contribution in [0, 0.1) is 0 Å². The number of anilines is 1. The molecular weight excluding hydrogens is 367 g/mol.